The molecule has 2 aromatic heterocycles. The molecule has 148 valence electrons. The number of carbonyl (C=O) groups excluding carboxylic acids is 1. The Hall–Kier alpha value is -2.30. The highest BCUT2D eigenvalue weighted by molar-refractivity contribution is 7.07. The zero-order valence-electron chi connectivity index (χ0n) is 15.5. The van der Waals surface area contributed by atoms with Gasteiger partial charge in [-0.05, 0) is 31.4 Å². The first kappa shape index (κ1) is 17.8. The van der Waals surface area contributed by atoms with Gasteiger partial charge in [0.05, 0.1) is 30.4 Å². The molecule has 9 nitrogen and oxygen atoms in total. The molecule has 28 heavy (non-hydrogen) atoms. The molecular weight excluding hydrogens is 382 g/mol. The molecular formula is C18H21N5O4S. The Morgan fingerprint density at radius 1 is 1.29 bits per heavy atom. The minimum atomic E-state index is -0.304. The molecule has 10 heteroatoms. The highest BCUT2D eigenvalue weighted by Gasteiger charge is 2.72. The topological polar surface area (TPSA) is 98.7 Å². The molecule has 3 aliphatic carbocycles. The lowest BCUT2D eigenvalue weighted by atomic mass is 9.41. The molecule has 3 saturated carbocycles. The molecule has 2 aromatic rings. The van der Waals surface area contributed by atoms with Crippen LogP contribution in [0.15, 0.2) is 18.3 Å². The summed E-state index contributed by atoms with van der Waals surface area (Å²) in [6.45, 7) is 3.10. The lowest BCUT2D eigenvalue weighted by molar-refractivity contribution is -0.260. The predicted octanol–water partition coefficient (Wildman–Crippen LogP) is 2.07. The minimum Gasteiger partial charge on any atom is -0.428 e. The van der Waals surface area contributed by atoms with Crippen LogP contribution in [0.4, 0.5) is 11.8 Å². The normalized spacial score (nSPS) is 28.2. The van der Waals surface area contributed by atoms with Crippen LogP contribution in [0.25, 0.3) is 0 Å². The fraction of sp³-hybridized carbons (Fsp3) is 0.556. The number of anilines is 2. The Morgan fingerprint density at radius 3 is 2.75 bits per heavy atom. The van der Waals surface area contributed by atoms with Crippen molar-refractivity contribution in [3.05, 3.63) is 18.3 Å². The van der Waals surface area contributed by atoms with Crippen LogP contribution in [0.1, 0.15) is 19.3 Å². The van der Waals surface area contributed by atoms with E-state index < -0.39 is 0 Å². The van der Waals surface area contributed by atoms with Gasteiger partial charge in [-0.3, -0.25) is 10.1 Å². The Morgan fingerprint density at radius 2 is 2.07 bits per heavy atom. The number of amides is 1. The van der Waals surface area contributed by atoms with E-state index in [2.05, 4.69) is 24.6 Å². The number of ether oxygens (including phenoxy) is 3. The average molecular weight is 403 g/mol. The van der Waals surface area contributed by atoms with E-state index in [1.165, 1.54) is 0 Å². The van der Waals surface area contributed by atoms with E-state index >= 15 is 0 Å². The van der Waals surface area contributed by atoms with Crippen LogP contribution in [0.3, 0.4) is 0 Å². The summed E-state index contributed by atoms with van der Waals surface area (Å²) in [4.78, 5) is 23.3. The Bertz CT molecular complexity index is 861. The van der Waals surface area contributed by atoms with Gasteiger partial charge in [0.25, 0.3) is 5.19 Å². The van der Waals surface area contributed by atoms with Crippen molar-refractivity contribution in [2.24, 2.45) is 5.41 Å². The Balaban J connectivity index is 1.17. The highest BCUT2D eigenvalue weighted by atomic mass is 32.1. The number of morpholine rings is 1. The summed E-state index contributed by atoms with van der Waals surface area (Å²) >= 11 is 1.09. The average Bonchev–Trinajstić information content (AvgIpc) is 3.08. The number of carbonyl (C=O) groups is 1. The van der Waals surface area contributed by atoms with Crippen LogP contribution >= 0.6 is 11.5 Å². The van der Waals surface area contributed by atoms with Crippen LogP contribution in [-0.4, -0.2) is 59.3 Å². The van der Waals surface area contributed by atoms with Crippen LogP contribution < -0.4 is 15.0 Å². The van der Waals surface area contributed by atoms with Gasteiger partial charge in [0.2, 0.25) is 11.9 Å². The summed E-state index contributed by atoms with van der Waals surface area (Å²) in [5, 5.41) is 3.16. The molecule has 6 rings (SSSR count). The standard InChI is InChI=1S/C18H21N5O4S/c1-25-18-9-17(10-18,11-18)14(24)20-15-21-16(28-22-15)27-12-2-3-13(19-8-12)23-4-6-26-7-5-23/h2-3,8H,4-7,9-11H2,1H3,(H,20,22,24). The number of methoxy groups -OCH3 is 1. The second kappa shape index (κ2) is 6.64. The maximum atomic E-state index is 12.5. The Kier molecular flexibility index (Phi) is 4.22. The first-order valence-electron chi connectivity index (χ1n) is 9.27. The van der Waals surface area contributed by atoms with Crippen LogP contribution in [-0.2, 0) is 14.3 Å². The minimum absolute atomic E-state index is 0.0349. The molecule has 2 bridgehead atoms. The van der Waals surface area contributed by atoms with Gasteiger partial charge in [0.1, 0.15) is 11.6 Å². The van der Waals surface area contributed by atoms with Gasteiger partial charge in [-0.1, -0.05) is 0 Å². The zero-order chi connectivity index (χ0) is 19.2. The summed E-state index contributed by atoms with van der Waals surface area (Å²) in [6.07, 6.45) is 3.99. The van der Waals surface area contributed by atoms with Crippen LogP contribution in [0.5, 0.6) is 10.9 Å². The number of hydrogen-bond donors (Lipinski definition) is 1. The SMILES string of the molecule is COC12CC(C(=O)Nc3nsc(Oc4ccc(N5CCOCC5)nc4)n3)(C1)C2. The second-order valence-corrected chi connectivity index (χ2v) is 8.30. The number of rotatable bonds is 6. The van der Waals surface area contributed by atoms with Gasteiger partial charge < -0.3 is 19.1 Å². The zero-order valence-corrected chi connectivity index (χ0v) is 16.3. The lowest BCUT2D eigenvalue weighted by Crippen LogP contribution is -2.72. The Labute approximate surface area is 166 Å². The molecule has 0 aromatic carbocycles. The molecule has 0 atom stereocenters. The largest absolute Gasteiger partial charge is 0.428 e. The van der Waals surface area contributed by atoms with E-state index in [1.807, 2.05) is 12.1 Å². The smallest absolute Gasteiger partial charge is 0.300 e. The number of nitrogens with zero attached hydrogens (tertiary/aromatic N) is 4. The molecule has 0 radical (unpaired) electrons. The van der Waals surface area contributed by atoms with Crippen molar-refractivity contribution >= 4 is 29.2 Å². The second-order valence-electron chi connectivity index (χ2n) is 7.59. The third-order valence-electron chi connectivity index (χ3n) is 5.79. The molecule has 0 spiro atoms. The van der Waals surface area contributed by atoms with Crippen LogP contribution in [0.2, 0.25) is 0 Å². The van der Waals surface area contributed by atoms with E-state index in [1.54, 1.807) is 13.3 Å². The van der Waals surface area contributed by atoms with Crippen molar-refractivity contribution < 1.29 is 19.0 Å². The first-order valence-corrected chi connectivity index (χ1v) is 10.0. The van der Waals surface area contributed by atoms with Gasteiger partial charge in [-0.25, -0.2) is 4.98 Å². The van der Waals surface area contributed by atoms with E-state index in [0.717, 1.165) is 49.7 Å². The molecule has 4 aliphatic rings. The van der Waals surface area contributed by atoms with E-state index in [0.29, 0.717) is 24.2 Å². The third-order valence-corrected chi connectivity index (χ3v) is 6.39. The maximum Gasteiger partial charge on any atom is 0.300 e. The molecule has 1 saturated heterocycles. The fourth-order valence-electron chi connectivity index (χ4n) is 4.20. The van der Waals surface area contributed by atoms with Crippen molar-refractivity contribution in [1.29, 1.82) is 0 Å². The summed E-state index contributed by atoms with van der Waals surface area (Å²) < 4.78 is 20.7. The van der Waals surface area contributed by atoms with E-state index in [4.69, 9.17) is 14.2 Å². The third kappa shape index (κ3) is 3.01. The van der Waals surface area contributed by atoms with Gasteiger partial charge in [-0.2, -0.15) is 4.98 Å². The summed E-state index contributed by atoms with van der Waals surface area (Å²) in [6, 6.07) is 3.77. The van der Waals surface area contributed by atoms with Crippen LogP contribution in [0, 0.1) is 5.41 Å². The number of aromatic nitrogens is 3. The molecule has 3 heterocycles. The first-order chi connectivity index (χ1) is 13.6. The van der Waals surface area contributed by atoms with E-state index in [-0.39, 0.29) is 22.9 Å². The van der Waals surface area contributed by atoms with Crippen molar-refractivity contribution in [3.63, 3.8) is 0 Å². The van der Waals surface area contributed by atoms with Gasteiger partial charge >= 0.3 is 0 Å². The number of pyridine rings is 1. The molecule has 1 aliphatic heterocycles. The fourth-order valence-corrected chi connectivity index (χ4v) is 4.71. The highest BCUT2D eigenvalue weighted by Crippen LogP contribution is 2.69. The summed E-state index contributed by atoms with van der Waals surface area (Å²) in [5.41, 5.74) is -0.372. The van der Waals surface area contributed by atoms with Crippen molar-refractivity contribution in [1.82, 2.24) is 14.3 Å². The van der Waals surface area contributed by atoms with Crippen molar-refractivity contribution in [2.45, 2.75) is 24.9 Å². The van der Waals surface area contributed by atoms with Gasteiger partial charge in [0, 0.05) is 31.7 Å². The summed E-state index contributed by atoms with van der Waals surface area (Å²) in [7, 11) is 1.70. The van der Waals surface area contributed by atoms with Crippen molar-refractivity contribution in [2.75, 3.05) is 43.6 Å². The maximum absolute atomic E-state index is 12.5. The predicted molar refractivity (Wildman–Crippen MR) is 102 cm³/mol. The van der Waals surface area contributed by atoms with Gasteiger partial charge in [0.15, 0.2) is 0 Å². The molecule has 1 N–H and O–H groups in total. The molecule has 0 unspecified atom stereocenters. The summed E-state index contributed by atoms with van der Waals surface area (Å²) in [5.74, 6) is 1.71. The quantitative estimate of drug-likeness (QED) is 0.783. The van der Waals surface area contributed by atoms with Crippen molar-refractivity contribution in [3.8, 4) is 10.9 Å². The molecule has 4 fully saturated rings. The monoisotopic (exact) mass is 403 g/mol. The molecule has 1 amide bonds. The van der Waals surface area contributed by atoms with E-state index in [9.17, 15) is 4.79 Å². The lowest BCUT2D eigenvalue weighted by Gasteiger charge is -2.67. The number of hydrogen-bond acceptors (Lipinski definition) is 9. The van der Waals surface area contributed by atoms with Gasteiger partial charge in [-0.15, -0.1) is 4.37 Å². The number of nitrogens with one attached hydrogen (secondary N) is 1.